The lowest BCUT2D eigenvalue weighted by atomic mass is 10.2. The first kappa shape index (κ1) is 21.0. The quantitative estimate of drug-likeness (QED) is 0.559. The molecule has 144 valence electrons. The minimum absolute atomic E-state index is 0.170. The van der Waals surface area contributed by atoms with Crippen LogP contribution >= 0.6 is 23.4 Å². The lowest BCUT2D eigenvalue weighted by Gasteiger charge is -2.15. The number of hydrogen-bond acceptors (Lipinski definition) is 4. The van der Waals surface area contributed by atoms with E-state index < -0.39 is 39.7 Å². The summed E-state index contributed by atoms with van der Waals surface area (Å²) in [5.74, 6) is -0.923. The van der Waals surface area contributed by atoms with E-state index in [9.17, 15) is 31.9 Å². The third kappa shape index (κ3) is 4.16. The minimum atomic E-state index is -4.95. The Hall–Kier alpha value is -2.33. The Morgan fingerprint density at radius 1 is 1.30 bits per heavy atom. The molecular formula is C16H11ClF4N2O3S. The zero-order valence-electron chi connectivity index (χ0n) is 13.6. The maximum atomic E-state index is 14.3. The van der Waals surface area contributed by atoms with Gasteiger partial charge in [0.1, 0.15) is 11.5 Å². The number of nitrogens with zero attached hydrogens (tertiary/aromatic N) is 2. The molecule has 5 nitrogen and oxygen atoms in total. The number of carbonyl (C=O) groups is 1. The van der Waals surface area contributed by atoms with Crippen LogP contribution in [0.2, 0.25) is 5.02 Å². The Balaban J connectivity index is 2.74. The molecule has 0 spiro atoms. The van der Waals surface area contributed by atoms with E-state index in [1.807, 2.05) is 0 Å². The van der Waals surface area contributed by atoms with Crippen LogP contribution in [0, 0.1) is 5.82 Å². The monoisotopic (exact) mass is 422 g/mol. The number of halogens is 5. The smallest absolute Gasteiger partial charge is 0.292 e. The fraction of sp³-hybridized carbons (Fsp3) is 0.188. The van der Waals surface area contributed by atoms with Gasteiger partial charge in [0, 0.05) is 24.4 Å². The van der Waals surface area contributed by atoms with Gasteiger partial charge in [-0.2, -0.15) is 13.2 Å². The van der Waals surface area contributed by atoms with E-state index in [4.69, 9.17) is 11.6 Å². The van der Waals surface area contributed by atoms with Crippen LogP contribution in [0.25, 0.3) is 5.69 Å². The van der Waals surface area contributed by atoms with Crippen LogP contribution in [-0.2, 0) is 13.2 Å². The van der Waals surface area contributed by atoms with Crippen LogP contribution in [0.5, 0.6) is 0 Å². The summed E-state index contributed by atoms with van der Waals surface area (Å²) in [5.41, 5.74) is -5.19. The summed E-state index contributed by atoms with van der Waals surface area (Å²) < 4.78 is 53.4. The summed E-state index contributed by atoms with van der Waals surface area (Å²) in [6, 6.07) is 1.73. The van der Waals surface area contributed by atoms with Crippen molar-refractivity contribution in [2.24, 2.45) is 7.05 Å². The molecule has 1 heterocycles. The molecule has 0 bridgehead atoms. The van der Waals surface area contributed by atoms with Crippen LogP contribution in [0.4, 0.5) is 17.6 Å². The molecule has 0 saturated carbocycles. The van der Waals surface area contributed by atoms with Crippen LogP contribution in [0.3, 0.4) is 0 Å². The molecule has 0 radical (unpaired) electrons. The SMILES string of the molecule is C=CCSC(=O)c1cc(-n2c(=O)cc(C(F)(F)F)n(C)c2=O)c(F)cc1Cl. The molecule has 0 aliphatic carbocycles. The molecule has 0 aliphatic heterocycles. The van der Waals surface area contributed by atoms with Gasteiger partial charge in [-0.3, -0.25) is 14.2 Å². The van der Waals surface area contributed by atoms with E-state index in [1.54, 1.807) is 0 Å². The second kappa shape index (κ2) is 7.73. The lowest BCUT2D eigenvalue weighted by molar-refractivity contribution is -0.144. The van der Waals surface area contributed by atoms with Crippen LogP contribution in [-0.4, -0.2) is 20.0 Å². The average Bonchev–Trinajstić information content (AvgIpc) is 2.56. The molecule has 2 aromatic rings. The third-order valence-electron chi connectivity index (χ3n) is 3.44. The highest BCUT2D eigenvalue weighted by Crippen LogP contribution is 2.28. The van der Waals surface area contributed by atoms with Gasteiger partial charge in [0.2, 0.25) is 5.12 Å². The molecule has 0 N–H and O–H groups in total. The molecule has 0 aliphatic rings. The fourth-order valence-corrected chi connectivity index (χ4v) is 3.08. The molecule has 11 heteroatoms. The molecule has 27 heavy (non-hydrogen) atoms. The van der Waals surface area contributed by atoms with Gasteiger partial charge in [0.05, 0.1) is 10.7 Å². The number of benzene rings is 1. The summed E-state index contributed by atoms with van der Waals surface area (Å²) in [6.07, 6.45) is -3.51. The Morgan fingerprint density at radius 2 is 1.93 bits per heavy atom. The van der Waals surface area contributed by atoms with Crippen LogP contribution in [0.15, 0.2) is 40.4 Å². The minimum Gasteiger partial charge on any atom is -0.292 e. The first-order valence-corrected chi connectivity index (χ1v) is 8.53. The summed E-state index contributed by atoms with van der Waals surface area (Å²) >= 11 is 6.63. The molecule has 1 aromatic carbocycles. The summed E-state index contributed by atoms with van der Waals surface area (Å²) in [5, 5.41) is -0.854. The van der Waals surface area contributed by atoms with Crippen molar-refractivity contribution in [2.75, 3.05) is 5.75 Å². The number of alkyl halides is 3. The van der Waals surface area contributed by atoms with Gasteiger partial charge >= 0.3 is 11.9 Å². The zero-order valence-corrected chi connectivity index (χ0v) is 15.2. The van der Waals surface area contributed by atoms with E-state index in [2.05, 4.69) is 6.58 Å². The molecule has 2 rings (SSSR count). The van der Waals surface area contributed by atoms with Crippen LogP contribution in [0.1, 0.15) is 16.1 Å². The largest absolute Gasteiger partial charge is 0.431 e. The van der Waals surface area contributed by atoms with Crippen LogP contribution < -0.4 is 11.2 Å². The van der Waals surface area contributed by atoms with E-state index in [1.165, 1.54) is 6.08 Å². The van der Waals surface area contributed by atoms with Gasteiger partial charge in [-0.15, -0.1) is 6.58 Å². The summed E-state index contributed by atoms with van der Waals surface area (Å²) in [7, 11) is 0.793. The van der Waals surface area contributed by atoms with Gasteiger partial charge in [-0.25, -0.2) is 13.8 Å². The van der Waals surface area contributed by atoms with E-state index in [-0.39, 0.29) is 31.5 Å². The predicted octanol–water partition coefficient (Wildman–Crippen LogP) is 3.41. The molecule has 0 amide bonds. The van der Waals surface area contributed by atoms with Crippen molar-refractivity contribution in [3.05, 3.63) is 73.8 Å². The number of thioether (sulfide) groups is 1. The molecule has 1 aromatic heterocycles. The van der Waals surface area contributed by atoms with Crippen molar-refractivity contribution in [3.8, 4) is 5.69 Å². The maximum absolute atomic E-state index is 14.3. The molecule has 0 fully saturated rings. The topological polar surface area (TPSA) is 61.1 Å². The Bertz CT molecular complexity index is 1040. The van der Waals surface area contributed by atoms with Crippen molar-refractivity contribution in [3.63, 3.8) is 0 Å². The van der Waals surface area contributed by atoms with Crippen molar-refractivity contribution < 1.29 is 22.4 Å². The number of carbonyl (C=O) groups excluding carboxylic acids is 1. The Morgan fingerprint density at radius 3 is 2.48 bits per heavy atom. The van der Waals surface area contributed by atoms with E-state index >= 15 is 0 Å². The van der Waals surface area contributed by atoms with Crippen molar-refractivity contribution in [2.45, 2.75) is 6.18 Å². The van der Waals surface area contributed by atoms with Gasteiger partial charge in [0.25, 0.3) is 5.56 Å². The number of aromatic nitrogens is 2. The zero-order chi connectivity index (χ0) is 20.5. The van der Waals surface area contributed by atoms with Crippen molar-refractivity contribution >= 4 is 28.5 Å². The summed E-state index contributed by atoms with van der Waals surface area (Å²) in [4.78, 5) is 36.5. The second-order valence-electron chi connectivity index (χ2n) is 5.21. The highest BCUT2D eigenvalue weighted by Gasteiger charge is 2.35. The number of rotatable bonds is 4. The first-order chi connectivity index (χ1) is 12.5. The van der Waals surface area contributed by atoms with E-state index in [0.717, 1.165) is 24.9 Å². The fourth-order valence-electron chi connectivity index (χ4n) is 2.20. The number of hydrogen-bond donors (Lipinski definition) is 0. The normalized spacial score (nSPS) is 11.5. The molecule has 0 atom stereocenters. The third-order valence-corrected chi connectivity index (χ3v) is 4.64. The predicted molar refractivity (Wildman–Crippen MR) is 94.2 cm³/mol. The Labute approximate surface area is 158 Å². The highest BCUT2D eigenvalue weighted by molar-refractivity contribution is 8.14. The maximum Gasteiger partial charge on any atom is 0.431 e. The first-order valence-electron chi connectivity index (χ1n) is 7.16. The van der Waals surface area contributed by atoms with Gasteiger partial charge < -0.3 is 0 Å². The molecule has 0 unspecified atom stereocenters. The standard InChI is InChI=1S/C16H11ClF4N2O3S/c1-3-4-27-14(25)8-5-11(10(18)6-9(8)17)23-13(24)7-12(16(19,20)21)22(2)15(23)26/h3,5-7H,1,4H2,2H3. The summed E-state index contributed by atoms with van der Waals surface area (Å²) in [6.45, 7) is 3.44. The van der Waals surface area contributed by atoms with Crippen molar-refractivity contribution in [1.82, 2.24) is 9.13 Å². The van der Waals surface area contributed by atoms with Gasteiger partial charge in [-0.1, -0.05) is 29.4 Å². The average molecular weight is 423 g/mol. The van der Waals surface area contributed by atoms with Gasteiger partial charge in [-0.05, 0) is 12.1 Å². The highest BCUT2D eigenvalue weighted by atomic mass is 35.5. The van der Waals surface area contributed by atoms with Crippen molar-refractivity contribution in [1.29, 1.82) is 0 Å². The van der Waals surface area contributed by atoms with Gasteiger partial charge in [0.15, 0.2) is 0 Å². The Kier molecular flexibility index (Phi) is 6.01. The second-order valence-corrected chi connectivity index (χ2v) is 6.61. The molecular weight excluding hydrogens is 412 g/mol. The lowest BCUT2D eigenvalue weighted by Crippen LogP contribution is -2.41. The molecule has 0 saturated heterocycles. The van der Waals surface area contributed by atoms with E-state index in [0.29, 0.717) is 6.07 Å².